The third-order valence-electron chi connectivity index (χ3n) is 4.03. The van der Waals surface area contributed by atoms with Crippen molar-refractivity contribution in [3.8, 4) is 5.75 Å². The van der Waals surface area contributed by atoms with E-state index in [0.717, 1.165) is 41.7 Å². The Hall–Kier alpha value is -0.730. The summed E-state index contributed by atoms with van der Waals surface area (Å²) >= 11 is 6.46. The van der Waals surface area contributed by atoms with E-state index in [0.29, 0.717) is 5.92 Å². The van der Waals surface area contributed by atoms with Gasteiger partial charge in [-0.2, -0.15) is 0 Å². The highest BCUT2D eigenvalue weighted by Gasteiger charge is 2.23. The van der Waals surface area contributed by atoms with Crippen LogP contribution in [0.2, 0.25) is 5.02 Å². The van der Waals surface area contributed by atoms with Gasteiger partial charge in [0, 0.05) is 6.04 Å². The zero-order valence-corrected chi connectivity index (χ0v) is 13.5. The van der Waals surface area contributed by atoms with Gasteiger partial charge in [0.1, 0.15) is 5.75 Å². The van der Waals surface area contributed by atoms with Crippen LogP contribution >= 0.6 is 11.6 Å². The summed E-state index contributed by atoms with van der Waals surface area (Å²) in [5.74, 6) is 2.09. The number of benzene rings is 1. The zero-order chi connectivity index (χ0) is 14.7. The van der Waals surface area contributed by atoms with Gasteiger partial charge in [-0.1, -0.05) is 31.5 Å². The Balaban J connectivity index is 2.26. The molecule has 2 nitrogen and oxygen atoms in total. The maximum Gasteiger partial charge on any atom is 0.141 e. The molecule has 2 atom stereocenters. The largest absolute Gasteiger partial charge is 0.491 e. The van der Waals surface area contributed by atoms with Crippen LogP contribution in [0.5, 0.6) is 5.75 Å². The second kappa shape index (κ2) is 6.82. The van der Waals surface area contributed by atoms with Crippen molar-refractivity contribution in [3.05, 3.63) is 28.3 Å². The van der Waals surface area contributed by atoms with Crippen molar-refractivity contribution >= 4 is 11.6 Å². The van der Waals surface area contributed by atoms with Crippen molar-refractivity contribution in [2.45, 2.75) is 58.4 Å². The van der Waals surface area contributed by atoms with Gasteiger partial charge >= 0.3 is 0 Å². The number of hydrogen-bond acceptors (Lipinski definition) is 2. The molecule has 1 aliphatic rings. The lowest BCUT2D eigenvalue weighted by atomic mass is 9.94. The first kappa shape index (κ1) is 15.7. The smallest absolute Gasteiger partial charge is 0.141 e. The van der Waals surface area contributed by atoms with E-state index in [9.17, 15) is 0 Å². The van der Waals surface area contributed by atoms with Gasteiger partial charge < -0.3 is 10.5 Å². The molecule has 1 aromatic rings. The molecule has 3 heteroatoms. The number of hydrogen-bond donors (Lipinski definition) is 1. The maximum absolute atomic E-state index is 6.46. The third kappa shape index (κ3) is 4.13. The number of halogens is 1. The molecule has 0 amide bonds. The van der Waals surface area contributed by atoms with E-state index >= 15 is 0 Å². The van der Waals surface area contributed by atoms with Gasteiger partial charge in [0.2, 0.25) is 0 Å². The van der Waals surface area contributed by atoms with Crippen molar-refractivity contribution in [2.75, 3.05) is 6.61 Å². The molecule has 0 radical (unpaired) electrons. The van der Waals surface area contributed by atoms with Crippen LogP contribution in [0.15, 0.2) is 12.1 Å². The van der Waals surface area contributed by atoms with E-state index in [-0.39, 0.29) is 6.04 Å². The molecular weight excluding hydrogens is 270 g/mol. The van der Waals surface area contributed by atoms with Crippen LogP contribution in [0.3, 0.4) is 0 Å². The molecular formula is C17H26ClNO. The van der Waals surface area contributed by atoms with Gasteiger partial charge in [0.05, 0.1) is 11.6 Å². The maximum atomic E-state index is 6.46. The molecule has 0 heterocycles. The Bertz CT molecular complexity index is 455. The summed E-state index contributed by atoms with van der Waals surface area (Å²) < 4.78 is 5.97. The van der Waals surface area contributed by atoms with E-state index in [1.54, 1.807) is 0 Å². The lowest BCUT2D eigenvalue weighted by Gasteiger charge is -2.18. The molecule has 0 bridgehead atoms. The first-order valence-corrected chi connectivity index (χ1v) is 8.09. The summed E-state index contributed by atoms with van der Waals surface area (Å²) in [5, 5.41) is 0.735. The number of nitrogens with two attached hydrogens (primary N) is 1. The highest BCUT2D eigenvalue weighted by Crippen LogP contribution is 2.36. The minimum Gasteiger partial charge on any atom is -0.491 e. The van der Waals surface area contributed by atoms with Crippen LogP contribution in [0.25, 0.3) is 0 Å². The van der Waals surface area contributed by atoms with Gasteiger partial charge in [0.15, 0.2) is 0 Å². The SMILES string of the molecule is CCC(C)c1cc(Cl)c(OCC2CC2)c(CC(C)N)c1. The first-order valence-electron chi connectivity index (χ1n) is 7.72. The summed E-state index contributed by atoms with van der Waals surface area (Å²) in [6.07, 6.45) is 4.48. The predicted octanol–water partition coefficient (Wildman–Crippen LogP) is 4.53. The lowest BCUT2D eigenvalue weighted by Crippen LogP contribution is -2.19. The Morgan fingerprint density at radius 3 is 2.60 bits per heavy atom. The van der Waals surface area contributed by atoms with Gasteiger partial charge in [-0.3, -0.25) is 0 Å². The standard InChI is InChI=1S/C17H26ClNO/c1-4-11(2)14-8-15(7-12(3)19)17(16(18)9-14)20-10-13-5-6-13/h8-9,11-13H,4-7,10,19H2,1-3H3. The molecule has 2 unspecified atom stereocenters. The lowest BCUT2D eigenvalue weighted by molar-refractivity contribution is 0.296. The molecule has 1 fully saturated rings. The molecule has 0 saturated heterocycles. The Labute approximate surface area is 127 Å². The number of ether oxygens (including phenoxy) is 1. The van der Waals surface area contributed by atoms with Crippen LogP contribution in [0.1, 0.15) is 57.1 Å². The third-order valence-corrected chi connectivity index (χ3v) is 4.31. The molecule has 2 rings (SSSR count). The first-order chi connectivity index (χ1) is 9.51. The molecule has 20 heavy (non-hydrogen) atoms. The highest BCUT2D eigenvalue weighted by atomic mass is 35.5. The fourth-order valence-corrected chi connectivity index (χ4v) is 2.64. The van der Waals surface area contributed by atoms with E-state index in [2.05, 4.69) is 26.0 Å². The minimum atomic E-state index is 0.113. The molecule has 2 N–H and O–H groups in total. The highest BCUT2D eigenvalue weighted by molar-refractivity contribution is 6.32. The van der Waals surface area contributed by atoms with Crippen LogP contribution in [0, 0.1) is 5.92 Å². The van der Waals surface area contributed by atoms with Gasteiger partial charge in [-0.25, -0.2) is 0 Å². The minimum absolute atomic E-state index is 0.113. The van der Waals surface area contributed by atoms with Crippen LogP contribution in [-0.2, 0) is 6.42 Å². The topological polar surface area (TPSA) is 35.2 Å². The zero-order valence-electron chi connectivity index (χ0n) is 12.8. The van der Waals surface area contributed by atoms with Crippen molar-refractivity contribution in [1.29, 1.82) is 0 Å². The van der Waals surface area contributed by atoms with E-state index in [1.165, 1.54) is 18.4 Å². The normalized spacial score (nSPS) is 17.9. The van der Waals surface area contributed by atoms with Gasteiger partial charge in [-0.05, 0) is 61.6 Å². The number of rotatable bonds is 7. The quantitative estimate of drug-likeness (QED) is 0.802. The second-order valence-corrected chi connectivity index (χ2v) is 6.64. The monoisotopic (exact) mass is 295 g/mol. The van der Waals surface area contributed by atoms with Crippen molar-refractivity contribution in [3.63, 3.8) is 0 Å². The predicted molar refractivity (Wildman–Crippen MR) is 85.7 cm³/mol. The van der Waals surface area contributed by atoms with E-state index < -0.39 is 0 Å². The van der Waals surface area contributed by atoms with Crippen LogP contribution < -0.4 is 10.5 Å². The van der Waals surface area contributed by atoms with Gasteiger partial charge in [-0.15, -0.1) is 0 Å². The second-order valence-electron chi connectivity index (χ2n) is 6.24. The van der Waals surface area contributed by atoms with Crippen molar-refractivity contribution in [2.24, 2.45) is 11.7 Å². The molecule has 1 saturated carbocycles. The van der Waals surface area contributed by atoms with Crippen molar-refractivity contribution in [1.82, 2.24) is 0 Å². The summed E-state index contributed by atoms with van der Waals surface area (Å²) in [6, 6.07) is 4.40. The van der Waals surface area contributed by atoms with Crippen LogP contribution in [-0.4, -0.2) is 12.6 Å². The fraction of sp³-hybridized carbons (Fsp3) is 0.647. The Morgan fingerprint density at radius 2 is 2.05 bits per heavy atom. The molecule has 1 aromatic carbocycles. The summed E-state index contributed by atoms with van der Waals surface area (Å²) in [5.41, 5.74) is 8.41. The van der Waals surface area contributed by atoms with Gasteiger partial charge in [0.25, 0.3) is 0 Å². The summed E-state index contributed by atoms with van der Waals surface area (Å²) in [4.78, 5) is 0. The van der Waals surface area contributed by atoms with Crippen LogP contribution in [0.4, 0.5) is 0 Å². The Morgan fingerprint density at radius 1 is 1.35 bits per heavy atom. The molecule has 0 spiro atoms. The van der Waals surface area contributed by atoms with E-state index in [4.69, 9.17) is 22.1 Å². The molecule has 0 aromatic heterocycles. The molecule has 0 aliphatic heterocycles. The molecule has 1 aliphatic carbocycles. The fourth-order valence-electron chi connectivity index (χ4n) is 2.34. The summed E-state index contributed by atoms with van der Waals surface area (Å²) in [7, 11) is 0. The average Bonchev–Trinajstić information content (AvgIpc) is 3.20. The van der Waals surface area contributed by atoms with Crippen molar-refractivity contribution < 1.29 is 4.74 Å². The Kier molecular flexibility index (Phi) is 5.34. The molecule has 112 valence electrons. The summed E-state index contributed by atoms with van der Waals surface area (Å²) in [6.45, 7) is 7.23. The average molecular weight is 296 g/mol. The van der Waals surface area contributed by atoms with E-state index in [1.807, 2.05) is 6.92 Å².